The van der Waals surface area contributed by atoms with Crippen molar-refractivity contribution in [1.29, 1.82) is 0 Å². The first-order valence-electron chi connectivity index (χ1n) is 9.18. The fraction of sp³-hybridized carbons (Fsp3) is 0.174. The van der Waals surface area contributed by atoms with Gasteiger partial charge in [0.15, 0.2) is 11.5 Å². The molecule has 0 unspecified atom stereocenters. The summed E-state index contributed by atoms with van der Waals surface area (Å²) in [4.78, 5) is 12.8. The third-order valence-corrected chi connectivity index (χ3v) is 5.32. The standard InChI is InChI=1S/C23H21Br2NO3/c1-3-28-21-13-17(23(27)26-20-10-9-18(24)11-15(20)2)12-19(25)22(21)29-14-16-7-5-4-6-8-16/h4-13H,3,14H2,1-2H3,(H,26,27). The number of ether oxygens (including phenoxy) is 2. The molecule has 0 heterocycles. The van der Waals surface area contributed by atoms with E-state index < -0.39 is 0 Å². The molecule has 0 bridgehead atoms. The van der Waals surface area contributed by atoms with Crippen LogP contribution in [0.1, 0.15) is 28.4 Å². The van der Waals surface area contributed by atoms with Gasteiger partial charge in [0.2, 0.25) is 0 Å². The van der Waals surface area contributed by atoms with Crippen LogP contribution in [-0.4, -0.2) is 12.5 Å². The molecule has 150 valence electrons. The Labute approximate surface area is 187 Å². The Morgan fingerprint density at radius 2 is 1.76 bits per heavy atom. The topological polar surface area (TPSA) is 47.6 Å². The quantitative estimate of drug-likeness (QED) is 0.376. The van der Waals surface area contributed by atoms with Crippen LogP contribution in [0.15, 0.2) is 69.6 Å². The molecule has 6 heteroatoms. The molecular formula is C23H21Br2NO3. The molecule has 4 nitrogen and oxygen atoms in total. The number of benzene rings is 3. The highest BCUT2D eigenvalue weighted by Gasteiger charge is 2.17. The Hall–Kier alpha value is -2.31. The van der Waals surface area contributed by atoms with Gasteiger partial charge < -0.3 is 14.8 Å². The average molecular weight is 519 g/mol. The number of nitrogens with one attached hydrogen (secondary N) is 1. The molecule has 0 saturated carbocycles. The van der Waals surface area contributed by atoms with Crippen molar-refractivity contribution in [3.8, 4) is 11.5 Å². The van der Waals surface area contributed by atoms with Gasteiger partial charge in [-0.05, 0) is 71.2 Å². The van der Waals surface area contributed by atoms with Crippen molar-refractivity contribution >= 4 is 43.5 Å². The molecule has 3 aromatic rings. The second kappa shape index (κ2) is 9.94. The van der Waals surface area contributed by atoms with Gasteiger partial charge >= 0.3 is 0 Å². The van der Waals surface area contributed by atoms with Crippen molar-refractivity contribution in [3.63, 3.8) is 0 Å². The highest BCUT2D eigenvalue weighted by atomic mass is 79.9. The summed E-state index contributed by atoms with van der Waals surface area (Å²) < 4.78 is 13.4. The maximum absolute atomic E-state index is 12.8. The predicted molar refractivity (Wildman–Crippen MR) is 123 cm³/mol. The van der Waals surface area contributed by atoms with Crippen molar-refractivity contribution in [2.45, 2.75) is 20.5 Å². The first kappa shape index (κ1) is 21.4. The minimum Gasteiger partial charge on any atom is -0.490 e. The number of anilines is 1. The monoisotopic (exact) mass is 517 g/mol. The zero-order chi connectivity index (χ0) is 20.8. The highest BCUT2D eigenvalue weighted by Crippen LogP contribution is 2.37. The van der Waals surface area contributed by atoms with Crippen molar-refractivity contribution in [3.05, 3.63) is 86.3 Å². The molecule has 1 N–H and O–H groups in total. The Balaban J connectivity index is 1.83. The lowest BCUT2D eigenvalue weighted by Crippen LogP contribution is -2.13. The molecule has 1 amide bonds. The molecule has 0 atom stereocenters. The molecule has 3 rings (SSSR count). The maximum atomic E-state index is 12.8. The van der Waals surface area contributed by atoms with E-state index in [-0.39, 0.29) is 5.91 Å². The molecule has 0 aliphatic heterocycles. The average Bonchev–Trinajstić information content (AvgIpc) is 2.70. The number of rotatable bonds is 7. The lowest BCUT2D eigenvalue weighted by atomic mass is 10.1. The van der Waals surface area contributed by atoms with Crippen LogP contribution in [0.25, 0.3) is 0 Å². The van der Waals surface area contributed by atoms with E-state index in [9.17, 15) is 4.79 Å². The zero-order valence-corrected chi connectivity index (χ0v) is 19.3. The summed E-state index contributed by atoms with van der Waals surface area (Å²) in [5.41, 5.74) is 3.26. The summed E-state index contributed by atoms with van der Waals surface area (Å²) in [6, 6.07) is 19.1. The molecule has 0 saturated heterocycles. The molecule has 0 aromatic heterocycles. The summed E-state index contributed by atoms with van der Waals surface area (Å²) in [7, 11) is 0. The van der Waals surface area contributed by atoms with E-state index in [1.54, 1.807) is 12.1 Å². The lowest BCUT2D eigenvalue weighted by molar-refractivity contribution is 0.102. The summed E-state index contributed by atoms with van der Waals surface area (Å²) in [5.74, 6) is 0.884. The molecule has 0 spiro atoms. The minimum absolute atomic E-state index is 0.216. The van der Waals surface area contributed by atoms with Gasteiger partial charge in [0.1, 0.15) is 6.61 Å². The van der Waals surface area contributed by atoms with E-state index in [1.165, 1.54) is 0 Å². The summed E-state index contributed by atoms with van der Waals surface area (Å²) in [6.07, 6.45) is 0. The van der Waals surface area contributed by atoms with Crippen LogP contribution in [0.3, 0.4) is 0 Å². The predicted octanol–water partition coefficient (Wildman–Crippen LogP) is 6.75. The third kappa shape index (κ3) is 5.61. The van der Waals surface area contributed by atoms with Gasteiger partial charge in [-0.1, -0.05) is 46.3 Å². The van der Waals surface area contributed by atoms with Crippen LogP contribution in [0.4, 0.5) is 5.69 Å². The van der Waals surface area contributed by atoms with Crippen molar-refractivity contribution < 1.29 is 14.3 Å². The summed E-state index contributed by atoms with van der Waals surface area (Å²) >= 11 is 6.96. The van der Waals surface area contributed by atoms with Crippen LogP contribution >= 0.6 is 31.9 Å². The smallest absolute Gasteiger partial charge is 0.255 e. The number of halogens is 2. The van der Waals surface area contributed by atoms with Crippen molar-refractivity contribution in [1.82, 2.24) is 0 Å². The van der Waals surface area contributed by atoms with E-state index in [0.717, 1.165) is 21.3 Å². The summed E-state index contributed by atoms with van der Waals surface area (Å²) in [6.45, 7) is 4.71. The van der Waals surface area contributed by atoms with Gasteiger partial charge in [-0.15, -0.1) is 0 Å². The van der Waals surface area contributed by atoms with Crippen molar-refractivity contribution in [2.75, 3.05) is 11.9 Å². The third-order valence-electron chi connectivity index (χ3n) is 4.23. The highest BCUT2D eigenvalue weighted by molar-refractivity contribution is 9.10. The van der Waals surface area contributed by atoms with Crippen molar-refractivity contribution in [2.24, 2.45) is 0 Å². The second-order valence-electron chi connectivity index (χ2n) is 6.41. The van der Waals surface area contributed by atoms with E-state index in [4.69, 9.17) is 9.47 Å². The number of amides is 1. The molecule has 0 aliphatic rings. The number of carbonyl (C=O) groups is 1. The van der Waals surface area contributed by atoms with Gasteiger partial charge in [-0.25, -0.2) is 0 Å². The van der Waals surface area contributed by atoms with Gasteiger partial charge in [-0.3, -0.25) is 4.79 Å². The van der Waals surface area contributed by atoms with Gasteiger partial charge in [0.05, 0.1) is 11.1 Å². The van der Waals surface area contributed by atoms with Crippen LogP contribution in [-0.2, 0) is 6.61 Å². The molecule has 3 aromatic carbocycles. The molecular weight excluding hydrogens is 498 g/mol. The van der Waals surface area contributed by atoms with Gasteiger partial charge in [-0.2, -0.15) is 0 Å². The van der Waals surface area contributed by atoms with Crippen LogP contribution in [0.2, 0.25) is 0 Å². The van der Waals surface area contributed by atoms with E-state index in [0.29, 0.717) is 34.7 Å². The van der Waals surface area contributed by atoms with Gasteiger partial charge in [0, 0.05) is 15.7 Å². The Morgan fingerprint density at radius 1 is 1.00 bits per heavy atom. The fourth-order valence-electron chi connectivity index (χ4n) is 2.79. The SMILES string of the molecule is CCOc1cc(C(=O)Nc2ccc(Br)cc2C)cc(Br)c1OCc1ccccc1. The number of hydrogen-bond donors (Lipinski definition) is 1. The first-order chi connectivity index (χ1) is 14.0. The first-order valence-corrected chi connectivity index (χ1v) is 10.8. The Morgan fingerprint density at radius 3 is 2.45 bits per heavy atom. The van der Waals surface area contributed by atoms with Gasteiger partial charge in [0.25, 0.3) is 5.91 Å². The number of hydrogen-bond acceptors (Lipinski definition) is 3. The normalized spacial score (nSPS) is 10.5. The van der Waals surface area contributed by atoms with Crippen LogP contribution in [0, 0.1) is 6.92 Å². The lowest BCUT2D eigenvalue weighted by Gasteiger charge is -2.16. The molecule has 0 radical (unpaired) electrons. The molecule has 0 fully saturated rings. The fourth-order valence-corrected chi connectivity index (χ4v) is 3.83. The van der Waals surface area contributed by atoms with Crippen LogP contribution < -0.4 is 14.8 Å². The zero-order valence-electron chi connectivity index (χ0n) is 16.2. The Kier molecular flexibility index (Phi) is 7.34. The van der Waals surface area contributed by atoms with E-state index >= 15 is 0 Å². The molecule has 29 heavy (non-hydrogen) atoms. The number of carbonyl (C=O) groups excluding carboxylic acids is 1. The molecule has 0 aliphatic carbocycles. The number of aryl methyl sites for hydroxylation is 1. The Bertz CT molecular complexity index is 1010. The van der Waals surface area contributed by atoms with Crippen LogP contribution in [0.5, 0.6) is 11.5 Å². The van der Waals surface area contributed by atoms with E-state index in [2.05, 4.69) is 37.2 Å². The second-order valence-corrected chi connectivity index (χ2v) is 8.18. The summed E-state index contributed by atoms with van der Waals surface area (Å²) in [5, 5.41) is 2.95. The van der Waals surface area contributed by atoms with E-state index in [1.807, 2.05) is 62.4 Å². The minimum atomic E-state index is -0.216. The largest absolute Gasteiger partial charge is 0.490 e. The maximum Gasteiger partial charge on any atom is 0.255 e.